The minimum absolute atomic E-state index is 0.261. The van der Waals surface area contributed by atoms with Gasteiger partial charge in [0.25, 0.3) is 0 Å². The number of fused-ring (bicyclic) bond motifs is 3. The van der Waals surface area contributed by atoms with Gasteiger partial charge in [0.2, 0.25) is 9.84 Å². The molecular weight excluding hydrogens is 336 g/mol. The Hall–Kier alpha value is -2.05. The van der Waals surface area contributed by atoms with Gasteiger partial charge >= 0.3 is 0 Å². The van der Waals surface area contributed by atoms with Crippen LogP contribution < -0.4 is 15.4 Å². The zero-order chi connectivity index (χ0) is 17.4. The van der Waals surface area contributed by atoms with Crippen molar-refractivity contribution in [3.63, 3.8) is 0 Å². The molecule has 0 bridgehead atoms. The van der Waals surface area contributed by atoms with Crippen molar-refractivity contribution >= 4 is 15.5 Å². The lowest BCUT2D eigenvalue weighted by Crippen LogP contribution is -2.21. The molecule has 1 fully saturated rings. The maximum atomic E-state index is 13.0. The largest absolute Gasteiger partial charge is 0.497 e. The minimum Gasteiger partial charge on any atom is -0.497 e. The fourth-order valence-electron chi connectivity index (χ4n) is 3.84. The summed E-state index contributed by atoms with van der Waals surface area (Å²) in [6, 6.07) is 12.5. The van der Waals surface area contributed by atoms with Gasteiger partial charge in [0, 0.05) is 17.6 Å². The number of methoxy groups -OCH3 is 1. The lowest BCUT2D eigenvalue weighted by atomic mass is 9.91. The van der Waals surface area contributed by atoms with Crippen LogP contribution in [0.1, 0.15) is 24.3 Å². The minimum atomic E-state index is -3.56. The lowest BCUT2D eigenvalue weighted by Gasteiger charge is -2.16. The van der Waals surface area contributed by atoms with Crippen LogP contribution in [0.4, 0.5) is 5.69 Å². The predicted molar refractivity (Wildman–Crippen MR) is 97.1 cm³/mol. The summed E-state index contributed by atoms with van der Waals surface area (Å²) in [5.74, 6) is 0.907. The first-order chi connectivity index (χ1) is 12.1. The molecule has 2 aliphatic heterocycles. The highest BCUT2D eigenvalue weighted by molar-refractivity contribution is 7.91. The molecule has 4 rings (SSSR count). The molecule has 0 unspecified atom stereocenters. The molecule has 0 amide bonds. The van der Waals surface area contributed by atoms with Crippen LogP contribution >= 0.6 is 0 Å². The van der Waals surface area contributed by atoms with E-state index in [2.05, 4.69) is 10.6 Å². The van der Waals surface area contributed by atoms with E-state index >= 15 is 0 Å². The Morgan fingerprint density at radius 3 is 2.68 bits per heavy atom. The van der Waals surface area contributed by atoms with Gasteiger partial charge in [0.1, 0.15) is 5.75 Å². The zero-order valence-corrected chi connectivity index (χ0v) is 15.0. The second-order valence-corrected chi connectivity index (χ2v) is 8.57. The van der Waals surface area contributed by atoms with Crippen LogP contribution in [0, 0.1) is 0 Å². The van der Waals surface area contributed by atoms with Gasteiger partial charge in [-0.1, -0.05) is 6.07 Å². The Kier molecular flexibility index (Phi) is 4.17. The number of rotatable bonds is 3. The van der Waals surface area contributed by atoms with E-state index in [1.165, 1.54) is 7.11 Å². The number of anilines is 1. The summed E-state index contributed by atoms with van der Waals surface area (Å²) in [6.45, 7) is 1.96. The maximum absolute atomic E-state index is 13.0. The molecule has 5 nitrogen and oxygen atoms in total. The third-order valence-corrected chi connectivity index (χ3v) is 6.92. The number of ether oxygens (including phenoxy) is 1. The first kappa shape index (κ1) is 16.4. The van der Waals surface area contributed by atoms with Gasteiger partial charge in [-0.3, -0.25) is 0 Å². The highest BCUT2D eigenvalue weighted by Gasteiger charge is 2.34. The van der Waals surface area contributed by atoms with Crippen LogP contribution in [0.25, 0.3) is 0 Å². The monoisotopic (exact) mass is 358 g/mol. The molecular formula is C19H22N2O3S. The number of sulfone groups is 1. The van der Waals surface area contributed by atoms with Crippen molar-refractivity contribution in [2.24, 2.45) is 0 Å². The Morgan fingerprint density at radius 1 is 1.04 bits per heavy atom. The molecule has 0 radical (unpaired) electrons. The quantitative estimate of drug-likeness (QED) is 0.883. The Morgan fingerprint density at radius 2 is 1.84 bits per heavy atom. The lowest BCUT2D eigenvalue weighted by molar-refractivity contribution is 0.413. The van der Waals surface area contributed by atoms with Crippen molar-refractivity contribution in [2.75, 3.05) is 25.5 Å². The van der Waals surface area contributed by atoms with Crippen molar-refractivity contribution in [1.82, 2.24) is 5.32 Å². The molecule has 2 N–H and O–H groups in total. The molecule has 25 heavy (non-hydrogen) atoms. The predicted octanol–water partition coefficient (Wildman–Crippen LogP) is 2.79. The Balaban J connectivity index is 1.73. The van der Waals surface area contributed by atoms with Crippen molar-refractivity contribution in [3.8, 4) is 5.75 Å². The molecule has 2 atom stereocenters. The van der Waals surface area contributed by atoms with E-state index < -0.39 is 9.84 Å². The summed E-state index contributed by atoms with van der Waals surface area (Å²) < 4.78 is 31.2. The Bertz CT molecular complexity index is 895. The number of hydrogen-bond acceptors (Lipinski definition) is 5. The molecule has 0 aromatic heterocycles. The third-order valence-electron chi connectivity index (χ3n) is 5.18. The molecule has 0 spiro atoms. The van der Waals surface area contributed by atoms with Crippen LogP contribution in [-0.4, -0.2) is 34.7 Å². The van der Waals surface area contributed by atoms with Crippen molar-refractivity contribution < 1.29 is 13.2 Å². The van der Waals surface area contributed by atoms with E-state index in [0.29, 0.717) is 22.6 Å². The molecule has 2 aliphatic rings. The highest BCUT2D eigenvalue weighted by Crippen LogP contribution is 2.41. The van der Waals surface area contributed by atoms with Crippen molar-refractivity contribution in [2.45, 2.75) is 34.6 Å². The number of benzene rings is 2. The van der Waals surface area contributed by atoms with E-state index in [1.54, 1.807) is 30.3 Å². The van der Waals surface area contributed by atoms with Gasteiger partial charge in [-0.25, -0.2) is 8.42 Å². The summed E-state index contributed by atoms with van der Waals surface area (Å²) in [4.78, 5) is 0.607. The van der Waals surface area contributed by atoms with Crippen LogP contribution in [0.5, 0.6) is 5.75 Å². The zero-order valence-electron chi connectivity index (χ0n) is 14.2. The summed E-state index contributed by atoms with van der Waals surface area (Å²) >= 11 is 0. The second kappa shape index (κ2) is 6.35. The van der Waals surface area contributed by atoms with Crippen molar-refractivity contribution in [3.05, 3.63) is 48.0 Å². The molecule has 2 aromatic rings. The first-order valence-corrected chi connectivity index (χ1v) is 10.1. The van der Waals surface area contributed by atoms with E-state index in [0.717, 1.165) is 37.2 Å². The summed E-state index contributed by atoms with van der Waals surface area (Å²) in [5.41, 5.74) is 2.19. The van der Waals surface area contributed by atoms with E-state index in [1.807, 2.05) is 12.1 Å². The molecule has 2 heterocycles. The van der Waals surface area contributed by atoms with Gasteiger partial charge in [0.15, 0.2) is 0 Å². The molecule has 2 aromatic carbocycles. The van der Waals surface area contributed by atoms with Crippen LogP contribution in [-0.2, 0) is 9.84 Å². The summed E-state index contributed by atoms with van der Waals surface area (Å²) in [6.07, 6.45) is 2.07. The van der Waals surface area contributed by atoms with Crippen LogP contribution in [0.2, 0.25) is 0 Å². The third kappa shape index (κ3) is 2.89. The smallest absolute Gasteiger partial charge is 0.206 e. The van der Waals surface area contributed by atoms with Crippen LogP contribution in [0.3, 0.4) is 0 Å². The first-order valence-electron chi connectivity index (χ1n) is 8.60. The Labute approximate surface area is 148 Å². The normalized spacial score (nSPS) is 22.4. The molecule has 1 saturated heterocycles. The van der Waals surface area contributed by atoms with E-state index in [4.69, 9.17) is 4.74 Å². The standard InChI is InChI=1S/C19H22N2O3S/c1-24-13-3-2-4-14(11-13)25(22,23)15-5-6-18-17(12-15)16-7-9-20-10-8-19(16)21-18/h2-6,11-12,16,19-21H,7-10H2,1H3/t16-,19+/m1/s1. The van der Waals surface area contributed by atoms with Crippen molar-refractivity contribution in [1.29, 1.82) is 0 Å². The van der Waals surface area contributed by atoms with Gasteiger partial charge in [0.05, 0.1) is 16.9 Å². The van der Waals surface area contributed by atoms with Gasteiger partial charge in [-0.05, 0) is 67.9 Å². The average Bonchev–Trinajstić information content (AvgIpc) is 2.81. The van der Waals surface area contributed by atoms with Gasteiger partial charge in [-0.2, -0.15) is 0 Å². The second-order valence-electron chi connectivity index (χ2n) is 6.62. The molecule has 0 aliphatic carbocycles. The molecule has 6 heteroatoms. The fraction of sp³-hybridized carbons (Fsp3) is 0.368. The molecule has 132 valence electrons. The van der Waals surface area contributed by atoms with E-state index in [-0.39, 0.29) is 4.90 Å². The molecule has 0 saturated carbocycles. The average molecular weight is 358 g/mol. The SMILES string of the molecule is COc1cccc(S(=O)(=O)c2ccc3c(c2)[C@H]2CCNCC[C@@H]2N3)c1. The summed E-state index contributed by atoms with van der Waals surface area (Å²) in [7, 11) is -2.03. The summed E-state index contributed by atoms with van der Waals surface area (Å²) in [5, 5.41) is 6.98. The van der Waals surface area contributed by atoms with Crippen LogP contribution in [0.15, 0.2) is 52.3 Å². The maximum Gasteiger partial charge on any atom is 0.206 e. The number of nitrogens with one attached hydrogen (secondary N) is 2. The van der Waals surface area contributed by atoms with Gasteiger partial charge in [-0.15, -0.1) is 0 Å². The van der Waals surface area contributed by atoms with Gasteiger partial charge < -0.3 is 15.4 Å². The highest BCUT2D eigenvalue weighted by atomic mass is 32.2. The number of hydrogen-bond donors (Lipinski definition) is 2. The topological polar surface area (TPSA) is 67.4 Å². The fourth-order valence-corrected chi connectivity index (χ4v) is 5.17. The van der Waals surface area contributed by atoms with E-state index in [9.17, 15) is 8.42 Å².